The van der Waals surface area contributed by atoms with Gasteiger partial charge >= 0.3 is 0 Å². The van der Waals surface area contributed by atoms with Crippen LogP contribution in [0.3, 0.4) is 0 Å². The molecule has 0 radical (unpaired) electrons. The molecule has 0 unspecified atom stereocenters. The lowest BCUT2D eigenvalue weighted by atomic mass is 10.3. The van der Waals surface area contributed by atoms with Crippen LogP contribution in [0.5, 0.6) is 0 Å². The van der Waals surface area contributed by atoms with E-state index in [2.05, 4.69) is 21.0 Å². The Kier molecular flexibility index (Phi) is 2.80. The fraction of sp³-hybridized carbons (Fsp3) is 0.200. The van der Waals surface area contributed by atoms with E-state index in [0.29, 0.717) is 11.6 Å². The number of carbonyl (C=O) groups excluding carboxylic acids is 1. The number of hydrogen-bond donors (Lipinski definition) is 0. The highest BCUT2D eigenvalue weighted by atomic mass is 79.9. The molecule has 1 aromatic heterocycles. The molecule has 0 amide bonds. The average molecular weight is 288 g/mol. The number of ketones is 1. The van der Waals surface area contributed by atoms with Crippen LogP contribution in [-0.2, 0) is 11.3 Å². The van der Waals surface area contributed by atoms with Gasteiger partial charge in [-0.1, -0.05) is 11.6 Å². The van der Waals surface area contributed by atoms with Gasteiger partial charge in [0.15, 0.2) is 5.78 Å². The minimum atomic E-state index is 0.0741. The van der Waals surface area contributed by atoms with Gasteiger partial charge in [-0.25, -0.2) is 0 Å². The zero-order chi connectivity index (χ0) is 11.0. The van der Waals surface area contributed by atoms with Gasteiger partial charge in [-0.3, -0.25) is 9.48 Å². The van der Waals surface area contributed by atoms with E-state index in [1.165, 1.54) is 6.92 Å². The van der Waals surface area contributed by atoms with E-state index in [9.17, 15) is 4.79 Å². The second-order valence-electron chi connectivity index (χ2n) is 3.35. The summed E-state index contributed by atoms with van der Waals surface area (Å²) in [4.78, 5) is 10.9. The fourth-order valence-corrected chi connectivity index (χ4v) is 2.30. The topological polar surface area (TPSA) is 34.9 Å². The third kappa shape index (κ3) is 2.21. The number of halogens is 2. The maximum absolute atomic E-state index is 10.9. The van der Waals surface area contributed by atoms with Crippen molar-refractivity contribution in [2.75, 3.05) is 0 Å². The van der Waals surface area contributed by atoms with Crippen LogP contribution in [0.4, 0.5) is 0 Å². The molecule has 2 rings (SSSR count). The molecule has 0 atom stereocenters. The van der Waals surface area contributed by atoms with E-state index in [4.69, 9.17) is 11.6 Å². The van der Waals surface area contributed by atoms with E-state index in [0.717, 1.165) is 15.4 Å². The van der Waals surface area contributed by atoms with Gasteiger partial charge in [-0.15, -0.1) is 0 Å². The number of rotatable bonds is 2. The molecule has 0 aliphatic heterocycles. The minimum Gasteiger partial charge on any atom is -0.298 e. The van der Waals surface area contributed by atoms with E-state index >= 15 is 0 Å². The second-order valence-corrected chi connectivity index (χ2v) is 4.64. The van der Waals surface area contributed by atoms with E-state index in [-0.39, 0.29) is 5.78 Å². The number of Topliss-reactive ketones (excluding diaryl/α,β-unsaturated/α-hetero) is 1. The third-order valence-electron chi connectivity index (χ3n) is 1.97. The minimum absolute atomic E-state index is 0.0741. The van der Waals surface area contributed by atoms with Crippen molar-refractivity contribution < 1.29 is 4.79 Å². The Hall–Kier alpha value is -0.870. The highest BCUT2D eigenvalue weighted by Gasteiger charge is 2.06. The lowest BCUT2D eigenvalue weighted by molar-refractivity contribution is -0.117. The molecule has 15 heavy (non-hydrogen) atoms. The molecular formula is C10H8BrClN2O. The number of nitrogens with zero attached hydrogens (tertiary/aromatic N) is 2. The summed E-state index contributed by atoms with van der Waals surface area (Å²) in [5.74, 6) is 0.0741. The summed E-state index contributed by atoms with van der Waals surface area (Å²) in [6, 6.07) is 3.59. The number of hydrogen-bond acceptors (Lipinski definition) is 2. The van der Waals surface area contributed by atoms with Gasteiger partial charge in [0.25, 0.3) is 0 Å². The summed E-state index contributed by atoms with van der Waals surface area (Å²) in [7, 11) is 0. The van der Waals surface area contributed by atoms with Crippen molar-refractivity contribution >= 4 is 44.2 Å². The second kappa shape index (κ2) is 3.94. The Morgan fingerprint density at radius 1 is 1.60 bits per heavy atom. The summed E-state index contributed by atoms with van der Waals surface area (Å²) in [6.07, 6.45) is 1.83. The molecule has 0 bridgehead atoms. The van der Waals surface area contributed by atoms with Crippen LogP contribution in [0.15, 0.2) is 22.8 Å². The molecule has 0 N–H and O–H groups in total. The first-order valence-electron chi connectivity index (χ1n) is 4.38. The smallest absolute Gasteiger partial charge is 0.151 e. The predicted molar refractivity (Wildman–Crippen MR) is 63.1 cm³/mol. The molecule has 5 heteroatoms. The van der Waals surface area contributed by atoms with Crippen LogP contribution >= 0.6 is 27.5 Å². The van der Waals surface area contributed by atoms with Gasteiger partial charge in [0.2, 0.25) is 0 Å². The van der Waals surface area contributed by atoms with Crippen molar-refractivity contribution in [3.8, 4) is 0 Å². The van der Waals surface area contributed by atoms with Gasteiger partial charge < -0.3 is 0 Å². The van der Waals surface area contributed by atoms with Crippen molar-refractivity contribution in [1.82, 2.24) is 9.78 Å². The number of carbonyl (C=O) groups is 1. The monoisotopic (exact) mass is 286 g/mol. The van der Waals surface area contributed by atoms with Crippen LogP contribution in [0.1, 0.15) is 6.92 Å². The summed E-state index contributed by atoms with van der Waals surface area (Å²) in [5.41, 5.74) is 0.788. The van der Waals surface area contributed by atoms with Gasteiger partial charge in [0.05, 0.1) is 12.1 Å². The summed E-state index contributed by atoms with van der Waals surface area (Å²) in [5, 5.41) is 5.84. The summed E-state index contributed by atoms with van der Waals surface area (Å²) in [6.45, 7) is 1.83. The Morgan fingerprint density at radius 2 is 2.33 bits per heavy atom. The Morgan fingerprint density at radius 3 is 3.00 bits per heavy atom. The zero-order valence-electron chi connectivity index (χ0n) is 8.00. The van der Waals surface area contributed by atoms with Gasteiger partial charge in [0, 0.05) is 21.1 Å². The maximum atomic E-state index is 10.9. The van der Waals surface area contributed by atoms with Crippen molar-refractivity contribution in [3.63, 3.8) is 0 Å². The fourth-order valence-electron chi connectivity index (χ4n) is 1.41. The Labute approximate surface area is 100 Å². The third-order valence-corrected chi connectivity index (χ3v) is 2.85. The van der Waals surface area contributed by atoms with Crippen molar-refractivity contribution in [2.24, 2.45) is 0 Å². The largest absolute Gasteiger partial charge is 0.298 e. The molecule has 0 spiro atoms. The molecule has 0 fully saturated rings. The first-order valence-corrected chi connectivity index (χ1v) is 5.55. The van der Waals surface area contributed by atoms with Crippen LogP contribution in [0.25, 0.3) is 10.9 Å². The van der Waals surface area contributed by atoms with Crippen molar-refractivity contribution in [2.45, 2.75) is 13.5 Å². The number of benzene rings is 1. The predicted octanol–water partition coefficient (Wildman–Crippen LogP) is 3.04. The molecule has 1 heterocycles. The van der Waals surface area contributed by atoms with Crippen LogP contribution < -0.4 is 0 Å². The highest BCUT2D eigenvalue weighted by Crippen LogP contribution is 2.27. The van der Waals surface area contributed by atoms with E-state index in [1.54, 1.807) is 10.7 Å². The van der Waals surface area contributed by atoms with Crippen LogP contribution in [0, 0.1) is 0 Å². The normalized spacial score (nSPS) is 10.9. The summed E-state index contributed by atoms with van der Waals surface area (Å²) < 4.78 is 2.51. The first-order chi connectivity index (χ1) is 7.06. The van der Waals surface area contributed by atoms with Crippen molar-refractivity contribution in [1.29, 1.82) is 0 Å². The molecule has 78 valence electrons. The zero-order valence-corrected chi connectivity index (χ0v) is 10.3. The molecule has 3 nitrogen and oxygen atoms in total. The standard InChI is InChI=1S/C10H8BrClN2O/c1-6(15)4-14-5-8-9(11)2-7(12)3-10(8)13-14/h2-3,5H,4H2,1H3. The van der Waals surface area contributed by atoms with E-state index < -0.39 is 0 Å². The average Bonchev–Trinajstić information content (AvgIpc) is 2.45. The first kappa shape index (κ1) is 10.6. The highest BCUT2D eigenvalue weighted by molar-refractivity contribution is 9.10. The number of aromatic nitrogens is 2. The molecule has 1 aromatic carbocycles. The maximum Gasteiger partial charge on any atom is 0.151 e. The molecule has 0 aliphatic rings. The Bertz CT molecular complexity index is 535. The lowest BCUT2D eigenvalue weighted by Crippen LogP contribution is -2.05. The number of fused-ring (bicyclic) bond motifs is 1. The summed E-state index contributed by atoms with van der Waals surface area (Å²) >= 11 is 9.30. The SMILES string of the molecule is CC(=O)Cn1cc2c(Br)cc(Cl)cc2n1. The molecular weight excluding hydrogens is 279 g/mol. The quantitative estimate of drug-likeness (QED) is 0.851. The molecule has 2 aromatic rings. The Balaban J connectivity index is 2.55. The molecule has 0 saturated heterocycles. The van der Waals surface area contributed by atoms with E-state index in [1.807, 2.05) is 12.3 Å². The molecule has 0 saturated carbocycles. The van der Waals surface area contributed by atoms with Gasteiger partial charge in [-0.2, -0.15) is 5.10 Å². The lowest BCUT2D eigenvalue weighted by Gasteiger charge is -1.93. The molecule has 0 aliphatic carbocycles. The van der Waals surface area contributed by atoms with Crippen LogP contribution in [0.2, 0.25) is 5.02 Å². The van der Waals surface area contributed by atoms with Gasteiger partial charge in [0.1, 0.15) is 0 Å². The van der Waals surface area contributed by atoms with Gasteiger partial charge in [-0.05, 0) is 35.0 Å². The van der Waals surface area contributed by atoms with Crippen LogP contribution in [-0.4, -0.2) is 15.6 Å². The van der Waals surface area contributed by atoms with Crippen molar-refractivity contribution in [3.05, 3.63) is 27.8 Å².